The summed E-state index contributed by atoms with van der Waals surface area (Å²) >= 11 is 0. The van der Waals surface area contributed by atoms with Gasteiger partial charge in [-0.3, -0.25) is 4.79 Å². The second kappa shape index (κ2) is 11.9. The van der Waals surface area contributed by atoms with Crippen molar-refractivity contribution in [3.63, 3.8) is 0 Å². The first-order valence-electron chi connectivity index (χ1n) is 9.72. The SMILES string of the molecule is C.C.C/C(C=O)=C\CCC(C)O[Si](c1ccccc1)(c1ccccc1)C(C)(C)C. The minimum Gasteiger partial charge on any atom is -0.405 e. The number of rotatable bonds is 8. The smallest absolute Gasteiger partial charge is 0.261 e. The van der Waals surface area contributed by atoms with Gasteiger partial charge in [0.25, 0.3) is 8.32 Å². The summed E-state index contributed by atoms with van der Waals surface area (Å²) in [5, 5.41) is 2.59. The van der Waals surface area contributed by atoms with E-state index in [0.717, 1.165) is 24.7 Å². The van der Waals surface area contributed by atoms with Gasteiger partial charge in [0.1, 0.15) is 6.29 Å². The number of hydrogen-bond donors (Lipinski definition) is 0. The Morgan fingerprint density at radius 2 is 1.41 bits per heavy atom. The highest BCUT2D eigenvalue weighted by atomic mass is 28.4. The number of hydrogen-bond acceptors (Lipinski definition) is 2. The topological polar surface area (TPSA) is 26.3 Å². The average molecular weight is 413 g/mol. The summed E-state index contributed by atoms with van der Waals surface area (Å²) in [5.41, 5.74) is 0.785. The van der Waals surface area contributed by atoms with E-state index in [-0.39, 0.29) is 26.0 Å². The summed E-state index contributed by atoms with van der Waals surface area (Å²) < 4.78 is 7.01. The van der Waals surface area contributed by atoms with E-state index in [1.54, 1.807) is 0 Å². The third-order valence-corrected chi connectivity index (χ3v) is 10.2. The van der Waals surface area contributed by atoms with Gasteiger partial charge in [-0.05, 0) is 47.7 Å². The highest BCUT2D eigenvalue weighted by molar-refractivity contribution is 6.99. The predicted molar refractivity (Wildman–Crippen MR) is 131 cm³/mol. The van der Waals surface area contributed by atoms with Gasteiger partial charge < -0.3 is 4.43 Å². The molecular weight excluding hydrogens is 372 g/mol. The Kier molecular flexibility index (Phi) is 11.1. The van der Waals surface area contributed by atoms with Crippen molar-refractivity contribution in [2.45, 2.75) is 73.5 Å². The van der Waals surface area contributed by atoms with Crippen molar-refractivity contribution in [3.05, 3.63) is 72.3 Å². The molecule has 2 aromatic carbocycles. The number of carbonyl (C=O) groups is 1. The highest BCUT2D eigenvalue weighted by Crippen LogP contribution is 2.37. The Balaban J connectivity index is 0.00000392. The number of carbonyl (C=O) groups excluding carboxylic acids is 1. The normalized spacial score (nSPS) is 13.1. The fourth-order valence-electron chi connectivity index (χ4n) is 3.65. The molecule has 0 heterocycles. The zero-order valence-corrected chi connectivity index (χ0v) is 18.2. The van der Waals surface area contributed by atoms with Crippen molar-refractivity contribution in [2.75, 3.05) is 0 Å². The van der Waals surface area contributed by atoms with Crippen molar-refractivity contribution in [1.82, 2.24) is 0 Å². The van der Waals surface area contributed by atoms with Gasteiger partial charge in [-0.1, -0.05) is 102 Å². The van der Waals surface area contributed by atoms with Crippen molar-refractivity contribution in [3.8, 4) is 0 Å². The minimum absolute atomic E-state index is 0. The lowest BCUT2D eigenvalue weighted by Crippen LogP contribution is -2.67. The van der Waals surface area contributed by atoms with Crippen LogP contribution in [0.5, 0.6) is 0 Å². The van der Waals surface area contributed by atoms with E-state index >= 15 is 0 Å². The van der Waals surface area contributed by atoms with Gasteiger partial charge >= 0.3 is 0 Å². The standard InChI is InChI=1S/C24H32O2Si.2CH4/c1-20(19-25)13-12-14-21(2)26-27(24(3,4)5,22-15-8-6-9-16-22)23-17-10-7-11-18-23;;/h6-11,13,15-19,21H,12,14H2,1-5H3;2*1H4/b20-13+;;. The molecule has 1 unspecified atom stereocenters. The summed E-state index contributed by atoms with van der Waals surface area (Å²) in [6, 6.07) is 21.4. The Hall–Kier alpha value is -1.97. The van der Waals surface area contributed by atoms with Crippen LogP contribution in [0, 0.1) is 0 Å². The average Bonchev–Trinajstić information content (AvgIpc) is 2.66. The second-order valence-electron chi connectivity index (χ2n) is 8.24. The first-order valence-corrected chi connectivity index (χ1v) is 11.6. The molecule has 160 valence electrons. The van der Waals surface area contributed by atoms with E-state index in [1.165, 1.54) is 10.4 Å². The van der Waals surface area contributed by atoms with Crippen molar-refractivity contribution < 1.29 is 9.22 Å². The molecular formula is C26H40O2Si. The van der Waals surface area contributed by atoms with Gasteiger partial charge in [0.15, 0.2) is 0 Å². The van der Waals surface area contributed by atoms with E-state index in [1.807, 2.05) is 13.0 Å². The van der Waals surface area contributed by atoms with Crippen LogP contribution in [0.1, 0.15) is 62.3 Å². The summed E-state index contributed by atoms with van der Waals surface area (Å²) in [4.78, 5) is 10.8. The number of benzene rings is 2. The van der Waals surface area contributed by atoms with Crippen LogP contribution in [0.25, 0.3) is 0 Å². The van der Waals surface area contributed by atoms with E-state index < -0.39 is 8.32 Å². The maximum Gasteiger partial charge on any atom is 0.261 e. The maximum atomic E-state index is 10.8. The molecule has 0 saturated heterocycles. The number of allylic oxidation sites excluding steroid dienone is 2. The first kappa shape index (κ1) is 27.0. The second-order valence-corrected chi connectivity index (χ2v) is 12.5. The van der Waals surface area contributed by atoms with Crippen LogP contribution in [0.2, 0.25) is 5.04 Å². The lowest BCUT2D eigenvalue weighted by molar-refractivity contribution is -0.104. The van der Waals surface area contributed by atoms with Crippen molar-refractivity contribution in [2.24, 2.45) is 0 Å². The van der Waals surface area contributed by atoms with E-state index in [9.17, 15) is 4.79 Å². The summed E-state index contributed by atoms with van der Waals surface area (Å²) in [6.45, 7) is 10.9. The summed E-state index contributed by atoms with van der Waals surface area (Å²) in [5.74, 6) is 0. The quantitative estimate of drug-likeness (QED) is 0.295. The zero-order chi connectivity index (χ0) is 19.9. The molecule has 0 saturated carbocycles. The van der Waals surface area contributed by atoms with Crippen LogP contribution >= 0.6 is 0 Å². The van der Waals surface area contributed by atoms with Crippen LogP contribution < -0.4 is 10.4 Å². The Morgan fingerprint density at radius 3 is 1.79 bits per heavy atom. The van der Waals surface area contributed by atoms with Gasteiger partial charge in [0.2, 0.25) is 0 Å². The van der Waals surface area contributed by atoms with Gasteiger partial charge in [-0.2, -0.15) is 0 Å². The van der Waals surface area contributed by atoms with Gasteiger partial charge in [0, 0.05) is 6.10 Å². The zero-order valence-electron chi connectivity index (χ0n) is 17.2. The molecule has 0 aliphatic rings. The van der Waals surface area contributed by atoms with E-state index in [2.05, 4.69) is 88.4 Å². The van der Waals surface area contributed by atoms with Crippen LogP contribution in [-0.4, -0.2) is 20.7 Å². The molecule has 0 aliphatic carbocycles. The maximum absolute atomic E-state index is 10.8. The Morgan fingerprint density at radius 1 is 0.966 bits per heavy atom. The van der Waals surface area contributed by atoms with Crippen LogP contribution in [0.3, 0.4) is 0 Å². The minimum atomic E-state index is -2.49. The van der Waals surface area contributed by atoms with Gasteiger partial charge in [0.05, 0.1) is 0 Å². The molecule has 3 heteroatoms. The molecule has 2 nitrogen and oxygen atoms in total. The van der Waals surface area contributed by atoms with Crippen LogP contribution in [0.4, 0.5) is 0 Å². The molecule has 0 fully saturated rings. The van der Waals surface area contributed by atoms with Crippen molar-refractivity contribution in [1.29, 1.82) is 0 Å². The molecule has 0 aliphatic heterocycles. The van der Waals surface area contributed by atoms with Crippen LogP contribution in [-0.2, 0) is 9.22 Å². The molecule has 2 rings (SSSR count). The Labute approximate surface area is 180 Å². The largest absolute Gasteiger partial charge is 0.405 e. The molecule has 0 radical (unpaired) electrons. The molecule has 0 aromatic heterocycles. The first-order chi connectivity index (χ1) is 12.8. The number of aldehydes is 1. The highest BCUT2D eigenvalue weighted by Gasteiger charge is 2.50. The monoisotopic (exact) mass is 412 g/mol. The molecule has 29 heavy (non-hydrogen) atoms. The predicted octanol–water partition coefficient (Wildman–Crippen LogP) is 6.15. The molecule has 0 bridgehead atoms. The molecule has 0 spiro atoms. The van der Waals surface area contributed by atoms with Crippen LogP contribution in [0.15, 0.2) is 72.3 Å². The molecule has 0 amide bonds. The fraction of sp³-hybridized carbons (Fsp3) is 0.423. The molecule has 0 N–H and O–H groups in total. The lowest BCUT2D eigenvalue weighted by atomic mass is 10.2. The Bertz CT molecular complexity index is 706. The third kappa shape index (κ3) is 6.51. The molecule has 2 aromatic rings. The molecule has 1 atom stereocenters. The van der Waals surface area contributed by atoms with E-state index in [4.69, 9.17) is 4.43 Å². The fourth-order valence-corrected chi connectivity index (χ4v) is 8.38. The third-order valence-electron chi connectivity index (χ3n) is 5.02. The van der Waals surface area contributed by atoms with Crippen molar-refractivity contribution >= 4 is 25.0 Å². The summed E-state index contributed by atoms with van der Waals surface area (Å²) in [6.07, 6.45) is 4.76. The van der Waals surface area contributed by atoms with Gasteiger partial charge in [-0.15, -0.1) is 0 Å². The van der Waals surface area contributed by atoms with Gasteiger partial charge in [-0.25, -0.2) is 0 Å². The van der Waals surface area contributed by atoms with E-state index in [0.29, 0.717) is 0 Å². The lowest BCUT2D eigenvalue weighted by Gasteiger charge is -2.44. The summed E-state index contributed by atoms with van der Waals surface area (Å²) in [7, 11) is -2.49.